The van der Waals surface area contributed by atoms with Crippen molar-refractivity contribution in [2.45, 2.75) is 18.0 Å². The highest BCUT2D eigenvalue weighted by atomic mass is 32.2. The molecule has 0 atom stereocenters. The first-order valence-corrected chi connectivity index (χ1v) is 11.8. The summed E-state index contributed by atoms with van der Waals surface area (Å²) in [5.41, 5.74) is 1.16. The molecular weight excluding hydrogens is 476 g/mol. The van der Waals surface area contributed by atoms with Gasteiger partial charge in [-0.2, -0.15) is 4.31 Å². The van der Waals surface area contributed by atoms with Crippen molar-refractivity contribution in [2.75, 3.05) is 12.4 Å². The summed E-state index contributed by atoms with van der Waals surface area (Å²) < 4.78 is 33.0. The number of sulfonamides is 1. The van der Waals surface area contributed by atoms with Gasteiger partial charge in [0.25, 0.3) is 5.69 Å². The van der Waals surface area contributed by atoms with Crippen LogP contribution in [0.5, 0.6) is 0 Å². The predicted octanol–water partition coefficient (Wildman–Crippen LogP) is 2.96. The second-order valence-electron chi connectivity index (χ2n) is 7.68. The third kappa shape index (κ3) is 5.13. The van der Waals surface area contributed by atoms with Crippen molar-refractivity contribution in [1.82, 2.24) is 8.87 Å². The molecule has 1 heterocycles. The number of carbonyl (C=O) groups excluding carboxylic acids is 1. The molecule has 180 valence electrons. The molecule has 35 heavy (non-hydrogen) atoms. The third-order valence-corrected chi connectivity index (χ3v) is 7.08. The molecule has 3 aromatic carbocycles. The third-order valence-electron chi connectivity index (χ3n) is 5.26. The van der Waals surface area contributed by atoms with Crippen LogP contribution < -0.4 is 11.1 Å². The number of rotatable bonds is 8. The van der Waals surface area contributed by atoms with Gasteiger partial charge >= 0.3 is 5.76 Å². The van der Waals surface area contributed by atoms with Gasteiger partial charge in [-0.1, -0.05) is 30.3 Å². The Balaban J connectivity index is 1.45. The SMILES string of the molecule is CN(Cc1ccccc1)S(=O)(=O)c1ccc(NC(=O)Cn2c(=O)oc3cc([N+](=O)[O-])ccc32)cc1. The van der Waals surface area contributed by atoms with E-state index in [2.05, 4.69) is 5.32 Å². The Kier molecular flexibility index (Phi) is 6.49. The normalized spacial score (nSPS) is 11.6. The summed E-state index contributed by atoms with van der Waals surface area (Å²) in [4.78, 5) is 35.0. The Morgan fingerprint density at radius 2 is 1.77 bits per heavy atom. The van der Waals surface area contributed by atoms with E-state index >= 15 is 0 Å². The average molecular weight is 497 g/mol. The van der Waals surface area contributed by atoms with Gasteiger partial charge in [0.2, 0.25) is 15.9 Å². The molecule has 0 radical (unpaired) electrons. The highest BCUT2D eigenvalue weighted by Crippen LogP contribution is 2.21. The van der Waals surface area contributed by atoms with Gasteiger partial charge in [0.05, 0.1) is 21.4 Å². The molecule has 1 N–H and O–H groups in total. The molecular formula is C23H20N4O7S. The van der Waals surface area contributed by atoms with E-state index in [1.165, 1.54) is 47.8 Å². The van der Waals surface area contributed by atoms with Crippen molar-refractivity contribution >= 4 is 38.4 Å². The van der Waals surface area contributed by atoms with Crippen LogP contribution in [0.3, 0.4) is 0 Å². The summed E-state index contributed by atoms with van der Waals surface area (Å²) in [5.74, 6) is -1.40. The van der Waals surface area contributed by atoms with Gasteiger partial charge in [0.15, 0.2) is 5.58 Å². The van der Waals surface area contributed by atoms with Crippen LogP contribution in [0.25, 0.3) is 11.1 Å². The number of hydrogen-bond donors (Lipinski definition) is 1. The maximum atomic E-state index is 12.9. The van der Waals surface area contributed by atoms with Crippen molar-refractivity contribution in [3.05, 3.63) is 99.0 Å². The summed E-state index contributed by atoms with van der Waals surface area (Å²) in [5, 5.41) is 13.5. The summed E-state index contributed by atoms with van der Waals surface area (Å²) in [6, 6.07) is 18.5. The number of nitro benzene ring substituents is 1. The molecule has 1 aromatic heterocycles. The van der Waals surface area contributed by atoms with Crippen molar-refractivity contribution < 1.29 is 22.6 Å². The van der Waals surface area contributed by atoms with Gasteiger partial charge in [-0.05, 0) is 35.9 Å². The van der Waals surface area contributed by atoms with Crippen LogP contribution in [0.15, 0.2) is 86.9 Å². The van der Waals surface area contributed by atoms with Crippen LogP contribution >= 0.6 is 0 Å². The first-order chi connectivity index (χ1) is 16.6. The molecule has 0 fully saturated rings. The lowest BCUT2D eigenvalue weighted by Gasteiger charge is -2.17. The number of nitrogens with one attached hydrogen (secondary N) is 1. The highest BCUT2D eigenvalue weighted by Gasteiger charge is 2.21. The summed E-state index contributed by atoms with van der Waals surface area (Å²) in [6.07, 6.45) is 0. The number of carbonyl (C=O) groups is 1. The second-order valence-corrected chi connectivity index (χ2v) is 9.73. The fourth-order valence-electron chi connectivity index (χ4n) is 3.48. The van der Waals surface area contributed by atoms with Crippen LogP contribution in [-0.4, -0.2) is 35.2 Å². The molecule has 12 heteroatoms. The fraction of sp³-hybridized carbons (Fsp3) is 0.130. The zero-order chi connectivity index (χ0) is 25.2. The van der Waals surface area contributed by atoms with E-state index in [-0.39, 0.29) is 28.2 Å². The highest BCUT2D eigenvalue weighted by molar-refractivity contribution is 7.89. The minimum absolute atomic E-state index is 0.00816. The maximum Gasteiger partial charge on any atom is 0.420 e. The maximum absolute atomic E-state index is 12.9. The monoisotopic (exact) mass is 496 g/mol. The Labute approximate surface area is 199 Å². The van der Waals surface area contributed by atoms with Crippen LogP contribution in [0, 0.1) is 10.1 Å². The van der Waals surface area contributed by atoms with Crippen molar-refractivity contribution in [3.8, 4) is 0 Å². The molecule has 1 amide bonds. The molecule has 4 aromatic rings. The van der Waals surface area contributed by atoms with E-state index in [1.807, 2.05) is 30.3 Å². The first kappa shape index (κ1) is 23.9. The average Bonchev–Trinajstić information content (AvgIpc) is 3.14. The Bertz CT molecular complexity index is 1560. The summed E-state index contributed by atoms with van der Waals surface area (Å²) in [7, 11) is -2.26. The van der Waals surface area contributed by atoms with Gasteiger partial charge in [0, 0.05) is 25.3 Å². The zero-order valence-electron chi connectivity index (χ0n) is 18.5. The number of nitro groups is 1. The number of benzene rings is 3. The van der Waals surface area contributed by atoms with Gasteiger partial charge in [0.1, 0.15) is 6.54 Å². The Morgan fingerprint density at radius 3 is 2.43 bits per heavy atom. The molecule has 0 saturated heterocycles. The van der Waals surface area contributed by atoms with Crippen molar-refractivity contribution in [1.29, 1.82) is 0 Å². The summed E-state index contributed by atoms with van der Waals surface area (Å²) in [6.45, 7) is -0.193. The van der Waals surface area contributed by atoms with E-state index in [0.717, 1.165) is 16.2 Å². The number of nitrogens with zero attached hydrogens (tertiary/aromatic N) is 3. The van der Waals surface area contributed by atoms with Crippen LogP contribution in [0.2, 0.25) is 0 Å². The van der Waals surface area contributed by atoms with Gasteiger partial charge in [-0.25, -0.2) is 13.2 Å². The molecule has 11 nitrogen and oxygen atoms in total. The molecule has 0 unspecified atom stereocenters. The minimum atomic E-state index is -3.75. The standard InChI is InChI=1S/C23H20N4O7S/c1-25(14-16-5-3-2-4-6-16)35(32,33)19-10-7-17(8-11-19)24-22(28)15-26-20-12-9-18(27(30)31)13-21(20)34-23(26)29/h2-13H,14-15H2,1H3,(H,24,28). The van der Waals surface area contributed by atoms with Crippen LogP contribution in [0.1, 0.15) is 5.56 Å². The lowest BCUT2D eigenvalue weighted by molar-refractivity contribution is -0.384. The molecule has 4 rings (SSSR count). The van der Waals surface area contributed by atoms with Crippen molar-refractivity contribution in [2.24, 2.45) is 0 Å². The Hall–Kier alpha value is -4.29. The second kappa shape index (κ2) is 9.52. The number of hydrogen-bond acceptors (Lipinski definition) is 7. The number of oxazole rings is 1. The molecule has 0 bridgehead atoms. The van der Waals surface area contributed by atoms with E-state index in [0.29, 0.717) is 5.69 Å². The minimum Gasteiger partial charge on any atom is -0.407 e. The van der Waals surface area contributed by atoms with E-state index < -0.39 is 33.2 Å². The quantitative estimate of drug-likeness (QED) is 0.292. The molecule has 0 aliphatic heterocycles. The van der Waals surface area contributed by atoms with Crippen LogP contribution in [-0.2, 0) is 27.9 Å². The van der Waals surface area contributed by atoms with E-state index in [9.17, 15) is 28.1 Å². The number of aromatic nitrogens is 1. The lowest BCUT2D eigenvalue weighted by Crippen LogP contribution is -2.26. The zero-order valence-corrected chi connectivity index (χ0v) is 19.3. The topological polar surface area (TPSA) is 145 Å². The van der Waals surface area contributed by atoms with Gasteiger partial charge in [-0.3, -0.25) is 19.5 Å². The fourth-order valence-corrected chi connectivity index (χ4v) is 4.64. The van der Waals surface area contributed by atoms with E-state index in [1.54, 1.807) is 0 Å². The predicted molar refractivity (Wildman–Crippen MR) is 127 cm³/mol. The van der Waals surface area contributed by atoms with Crippen LogP contribution in [0.4, 0.5) is 11.4 Å². The number of fused-ring (bicyclic) bond motifs is 1. The van der Waals surface area contributed by atoms with Gasteiger partial charge in [-0.15, -0.1) is 0 Å². The Morgan fingerprint density at radius 1 is 1.09 bits per heavy atom. The van der Waals surface area contributed by atoms with Crippen molar-refractivity contribution in [3.63, 3.8) is 0 Å². The number of non-ortho nitro benzene ring substituents is 1. The number of anilines is 1. The van der Waals surface area contributed by atoms with Gasteiger partial charge < -0.3 is 9.73 Å². The number of amides is 1. The smallest absolute Gasteiger partial charge is 0.407 e. The first-order valence-electron chi connectivity index (χ1n) is 10.3. The summed E-state index contributed by atoms with van der Waals surface area (Å²) >= 11 is 0. The largest absolute Gasteiger partial charge is 0.420 e. The molecule has 0 aliphatic carbocycles. The molecule has 0 aliphatic rings. The van der Waals surface area contributed by atoms with E-state index in [4.69, 9.17) is 4.42 Å². The molecule has 0 spiro atoms. The lowest BCUT2D eigenvalue weighted by atomic mass is 10.2. The molecule has 0 saturated carbocycles.